The Morgan fingerprint density at radius 2 is 2.05 bits per heavy atom. The molecule has 20 heavy (non-hydrogen) atoms. The molecule has 0 atom stereocenters. The van der Waals surface area contributed by atoms with Crippen LogP contribution in [0.25, 0.3) is 0 Å². The average molecular weight is 272 g/mol. The average Bonchev–Trinajstić information content (AvgIpc) is 2.48. The maximum atomic E-state index is 5.65. The Balaban J connectivity index is 2.08. The van der Waals surface area contributed by atoms with Crippen LogP contribution in [0.15, 0.2) is 30.6 Å². The van der Waals surface area contributed by atoms with Gasteiger partial charge < -0.3 is 15.8 Å². The molecule has 0 spiro atoms. The van der Waals surface area contributed by atoms with Crippen molar-refractivity contribution in [2.45, 2.75) is 26.9 Å². The molecule has 0 radical (unpaired) electrons. The zero-order valence-electron chi connectivity index (χ0n) is 11.9. The quantitative estimate of drug-likeness (QED) is 0.843. The lowest BCUT2D eigenvalue weighted by molar-refractivity contribution is 0.324. The summed E-state index contributed by atoms with van der Waals surface area (Å²) in [6.45, 7) is 5.72. The molecule has 5 nitrogen and oxygen atoms in total. The second kappa shape index (κ2) is 6.86. The number of anilines is 1. The Labute approximate surface area is 119 Å². The Morgan fingerprint density at radius 3 is 2.80 bits per heavy atom. The Kier molecular flexibility index (Phi) is 4.90. The van der Waals surface area contributed by atoms with E-state index in [0.717, 1.165) is 16.9 Å². The minimum atomic E-state index is 0.550. The molecule has 5 heteroatoms. The van der Waals surface area contributed by atoms with Gasteiger partial charge in [0.2, 0.25) is 5.88 Å². The normalized spacial score (nSPS) is 10.3. The van der Waals surface area contributed by atoms with E-state index in [4.69, 9.17) is 10.5 Å². The summed E-state index contributed by atoms with van der Waals surface area (Å²) < 4.78 is 5.46. The molecular formula is C15H20N4O. The lowest BCUT2D eigenvalue weighted by Crippen LogP contribution is -2.07. The van der Waals surface area contributed by atoms with E-state index in [2.05, 4.69) is 27.4 Å². The monoisotopic (exact) mass is 272 g/mol. The molecule has 0 aliphatic heterocycles. The van der Waals surface area contributed by atoms with Crippen molar-refractivity contribution in [3.05, 3.63) is 47.3 Å². The first-order valence-corrected chi connectivity index (χ1v) is 6.70. The lowest BCUT2D eigenvalue weighted by Gasteiger charge is -2.11. The van der Waals surface area contributed by atoms with Crippen molar-refractivity contribution in [2.24, 2.45) is 5.73 Å². The summed E-state index contributed by atoms with van der Waals surface area (Å²) in [7, 11) is 0. The summed E-state index contributed by atoms with van der Waals surface area (Å²) in [6, 6.07) is 8.18. The zero-order valence-corrected chi connectivity index (χ0v) is 11.9. The molecule has 0 saturated heterocycles. The van der Waals surface area contributed by atoms with Crippen LogP contribution >= 0.6 is 0 Å². The summed E-state index contributed by atoms with van der Waals surface area (Å²) in [5.41, 5.74) is 8.86. The number of nitrogens with two attached hydrogens (primary N) is 1. The molecule has 3 N–H and O–H groups in total. The first-order valence-electron chi connectivity index (χ1n) is 6.70. The van der Waals surface area contributed by atoms with Crippen molar-refractivity contribution >= 4 is 5.82 Å². The van der Waals surface area contributed by atoms with E-state index in [1.54, 1.807) is 0 Å². The molecule has 1 aromatic carbocycles. The number of benzene rings is 1. The van der Waals surface area contributed by atoms with Gasteiger partial charge in [-0.25, -0.2) is 9.97 Å². The number of ether oxygens (including phenoxy) is 1. The van der Waals surface area contributed by atoms with Gasteiger partial charge in [0.05, 0.1) is 12.2 Å². The predicted octanol–water partition coefficient (Wildman–Crippen LogP) is 2.25. The van der Waals surface area contributed by atoms with Crippen LogP contribution in [0.4, 0.5) is 5.82 Å². The molecule has 0 aliphatic rings. The van der Waals surface area contributed by atoms with E-state index in [-0.39, 0.29) is 0 Å². The van der Waals surface area contributed by atoms with E-state index in [0.29, 0.717) is 25.6 Å². The van der Waals surface area contributed by atoms with Gasteiger partial charge in [-0.1, -0.05) is 24.3 Å². The van der Waals surface area contributed by atoms with Gasteiger partial charge in [0, 0.05) is 13.1 Å². The summed E-state index contributed by atoms with van der Waals surface area (Å²) in [5.74, 6) is 1.42. The van der Waals surface area contributed by atoms with Gasteiger partial charge >= 0.3 is 0 Å². The summed E-state index contributed by atoms with van der Waals surface area (Å²) in [5, 5.41) is 3.31. The molecule has 0 aliphatic carbocycles. The number of hydrogen-bond acceptors (Lipinski definition) is 5. The lowest BCUT2D eigenvalue weighted by atomic mass is 10.1. The SMILES string of the molecule is CCOc1ncnc(NCc2cccc(CN)c2)c1C. The summed E-state index contributed by atoms with van der Waals surface area (Å²) in [4.78, 5) is 8.37. The molecule has 0 amide bonds. The minimum Gasteiger partial charge on any atom is -0.478 e. The fourth-order valence-corrected chi connectivity index (χ4v) is 1.95. The Hall–Kier alpha value is -2.14. The fourth-order valence-electron chi connectivity index (χ4n) is 1.95. The van der Waals surface area contributed by atoms with Crippen LogP contribution < -0.4 is 15.8 Å². The van der Waals surface area contributed by atoms with Crippen molar-refractivity contribution in [3.63, 3.8) is 0 Å². The molecule has 106 valence electrons. The fraction of sp³-hybridized carbons (Fsp3) is 0.333. The maximum Gasteiger partial charge on any atom is 0.221 e. The molecule has 2 rings (SSSR count). The number of aromatic nitrogens is 2. The molecule has 2 aromatic rings. The molecule has 0 bridgehead atoms. The Morgan fingerprint density at radius 1 is 1.25 bits per heavy atom. The number of hydrogen-bond donors (Lipinski definition) is 2. The third kappa shape index (κ3) is 3.45. The van der Waals surface area contributed by atoms with Crippen molar-refractivity contribution in [1.82, 2.24) is 9.97 Å². The predicted molar refractivity (Wildman–Crippen MR) is 79.6 cm³/mol. The third-order valence-corrected chi connectivity index (χ3v) is 3.01. The van der Waals surface area contributed by atoms with Gasteiger partial charge in [-0.05, 0) is 25.0 Å². The van der Waals surface area contributed by atoms with Gasteiger partial charge in [-0.15, -0.1) is 0 Å². The maximum absolute atomic E-state index is 5.65. The third-order valence-electron chi connectivity index (χ3n) is 3.01. The van der Waals surface area contributed by atoms with Crippen LogP contribution in [0.3, 0.4) is 0 Å². The van der Waals surface area contributed by atoms with Gasteiger partial charge in [0.15, 0.2) is 0 Å². The number of nitrogens with zero attached hydrogens (tertiary/aromatic N) is 2. The van der Waals surface area contributed by atoms with Crippen LogP contribution in [0.5, 0.6) is 5.88 Å². The molecule has 0 saturated carbocycles. The Bertz CT molecular complexity index is 572. The van der Waals surface area contributed by atoms with Crippen LogP contribution in [0, 0.1) is 6.92 Å². The summed E-state index contributed by atoms with van der Waals surface area (Å²) >= 11 is 0. The van der Waals surface area contributed by atoms with Gasteiger partial charge in [0.25, 0.3) is 0 Å². The van der Waals surface area contributed by atoms with Crippen molar-refractivity contribution in [2.75, 3.05) is 11.9 Å². The van der Waals surface area contributed by atoms with Crippen LogP contribution in [0.1, 0.15) is 23.6 Å². The first kappa shape index (κ1) is 14.3. The van der Waals surface area contributed by atoms with Crippen LogP contribution in [-0.4, -0.2) is 16.6 Å². The summed E-state index contributed by atoms with van der Waals surface area (Å²) in [6.07, 6.45) is 1.51. The van der Waals surface area contributed by atoms with E-state index < -0.39 is 0 Å². The van der Waals surface area contributed by atoms with Crippen molar-refractivity contribution in [3.8, 4) is 5.88 Å². The standard InChI is InChI=1S/C15H20N4O/c1-3-20-15-11(2)14(18-10-19-15)17-9-13-6-4-5-12(7-13)8-16/h4-7,10H,3,8-9,16H2,1-2H3,(H,17,18,19). The van der Waals surface area contributed by atoms with Gasteiger partial charge in [-0.2, -0.15) is 0 Å². The highest BCUT2D eigenvalue weighted by molar-refractivity contribution is 5.48. The van der Waals surface area contributed by atoms with E-state index >= 15 is 0 Å². The highest BCUT2D eigenvalue weighted by atomic mass is 16.5. The minimum absolute atomic E-state index is 0.550. The molecular weight excluding hydrogens is 252 g/mol. The van der Waals surface area contributed by atoms with Crippen LogP contribution in [-0.2, 0) is 13.1 Å². The van der Waals surface area contributed by atoms with Crippen molar-refractivity contribution < 1.29 is 4.74 Å². The molecule has 0 fully saturated rings. The smallest absolute Gasteiger partial charge is 0.221 e. The van der Waals surface area contributed by atoms with E-state index in [1.165, 1.54) is 11.9 Å². The highest BCUT2D eigenvalue weighted by Crippen LogP contribution is 2.20. The van der Waals surface area contributed by atoms with Gasteiger partial charge in [-0.3, -0.25) is 0 Å². The second-order valence-electron chi connectivity index (χ2n) is 4.46. The van der Waals surface area contributed by atoms with Crippen molar-refractivity contribution in [1.29, 1.82) is 0 Å². The number of nitrogens with one attached hydrogen (secondary N) is 1. The molecule has 0 unspecified atom stereocenters. The second-order valence-corrected chi connectivity index (χ2v) is 4.46. The van der Waals surface area contributed by atoms with Crippen LogP contribution in [0.2, 0.25) is 0 Å². The molecule has 1 heterocycles. The highest BCUT2D eigenvalue weighted by Gasteiger charge is 2.07. The van der Waals surface area contributed by atoms with E-state index in [1.807, 2.05) is 26.0 Å². The molecule has 1 aromatic heterocycles. The number of rotatable bonds is 6. The van der Waals surface area contributed by atoms with Gasteiger partial charge in [0.1, 0.15) is 12.1 Å². The first-order chi connectivity index (χ1) is 9.74. The zero-order chi connectivity index (χ0) is 14.4. The largest absolute Gasteiger partial charge is 0.478 e. The van der Waals surface area contributed by atoms with E-state index in [9.17, 15) is 0 Å². The topological polar surface area (TPSA) is 73.1 Å².